The van der Waals surface area contributed by atoms with Crippen LogP contribution < -0.4 is 10.1 Å². The number of ether oxygens (including phenoxy) is 1. The van der Waals surface area contributed by atoms with Crippen LogP contribution in [0.25, 0.3) is 0 Å². The molecule has 2 rings (SSSR count). The Morgan fingerprint density at radius 3 is 2.73 bits per heavy atom. The van der Waals surface area contributed by atoms with Crippen molar-refractivity contribution in [3.8, 4) is 11.5 Å². The van der Waals surface area contributed by atoms with Crippen molar-refractivity contribution in [2.75, 3.05) is 7.11 Å². The zero-order valence-electron chi connectivity index (χ0n) is 12.5. The van der Waals surface area contributed by atoms with Gasteiger partial charge in [0.25, 0.3) is 0 Å². The van der Waals surface area contributed by atoms with Crippen molar-refractivity contribution in [2.45, 2.75) is 19.4 Å². The monoisotopic (exact) mass is 303 g/mol. The van der Waals surface area contributed by atoms with Crippen LogP contribution in [0.2, 0.25) is 0 Å². The summed E-state index contributed by atoms with van der Waals surface area (Å²) in [5.41, 5.74) is 0.999. The number of carbonyl (C=O) groups excluding carboxylic acids is 1. The Bertz CT molecular complexity index is 673. The van der Waals surface area contributed by atoms with Gasteiger partial charge in [0.2, 0.25) is 5.91 Å². The molecule has 2 N–H and O–H groups in total. The number of hydrogen-bond donors (Lipinski definition) is 2. The number of hydrogen-bond acceptors (Lipinski definition) is 3. The zero-order chi connectivity index (χ0) is 16.1. The number of rotatable bonds is 5. The van der Waals surface area contributed by atoms with Crippen molar-refractivity contribution < 1.29 is 19.0 Å². The van der Waals surface area contributed by atoms with Crippen molar-refractivity contribution in [2.24, 2.45) is 0 Å². The van der Waals surface area contributed by atoms with Crippen LogP contribution in [0.3, 0.4) is 0 Å². The van der Waals surface area contributed by atoms with E-state index in [9.17, 15) is 14.3 Å². The van der Waals surface area contributed by atoms with E-state index in [-0.39, 0.29) is 18.1 Å². The normalized spacial score (nSPS) is 11.8. The molecule has 1 atom stereocenters. The minimum atomic E-state index is -0.527. The Labute approximate surface area is 128 Å². The van der Waals surface area contributed by atoms with Gasteiger partial charge in [0.1, 0.15) is 17.3 Å². The predicted molar refractivity (Wildman–Crippen MR) is 81.3 cm³/mol. The van der Waals surface area contributed by atoms with E-state index in [1.807, 2.05) is 0 Å². The lowest BCUT2D eigenvalue weighted by Crippen LogP contribution is -2.29. The molecule has 22 heavy (non-hydrogen) atoms. The van der Waals surface area contributed by atoms with Gasteiger partial charge in [-0.25, -0.2) is 4.39 Å². The molecule has 0 saturated heterocycles. The number of halogens is 1. The van der Waals surface area contributed by atoms with Gasteiger partial charge in [-0.2, -0.15) is 0 Å². The van der Waals surface area contributed by atoms with Gasteiger partial charge in [0, 0.05) is 0 Å². The number of aromatic hydroxyl groups is 1. The molecule has 5 heteroatoms. The van der Waals surface area contributed by atoms with Gasteiger partial charge in [-0.15, -0.1) is 0 Å². The maximum absolute atomic E-state index is 14.0. The molecule has 0 aliphatic carbocycles. The van der Waals surface area contributed by atoms with E-state index in [4.69, 9.17) is 4.74 Å². The van der Waals surface area contributed by atoms with Crippen LogP contribution in [0.1, 0.15) is 24.1 Å². The second-order valence-electron chi connectivity index (χ2n) is 4.99. The molecule has 0 bridgehead atoms. The minimum Gasteiger partial charge on any atom is -0.508 e. The Morgan fingerprint density at radius 1 is 1.32 bits per heavy atom. The summed E-state index contributed by atoms with van der Waals surface area (Å²) in [4.78, 5) is 12.1. The summed E-state index contributed by atoms with van der Waals surface area (Å²) >= 11 is 0. The summed E-state index contributed by atoms with van der Waals surface area (Å²) in [7, 11) is 1.46. The van der Waals surface area contributed by atoms with Gasteiger partial charge in [-0.05, 0) is 36.8 Å². The number of nitrogens with one attached hydrogen (secondary N) is 1. The largest absolute Gasteiger partial charge is 0.508 e. The fourth-order valence-corrected chi connectivity index (χ4v) is 2.33. The average Bonchev–Trinajstić information content (AvgIpc) is 2.46. The lowest BCUT2D eigenvalue weighted by Gasteiger charge is -2.18. The topological polar surface area (TPSA) is 58.6 Å². The third kappa shape index (κ3) is 3.75. The predicted octanol–water partition coefficient (Wildman–Crippen LogP) is 2.96. The van der Waals surface area contributed by atoms with Crippen molar-refractivity contribution in [3.05, 3.63) is 59.4 Å². The Hall–Kier alpha value is -2.56. The van der Waals surface area contributed by atoms with Gasteiger partial charge < -0.3 is 15.2 Å². The second kappa shape index (κ2) is 6.93. The van der Waals surface area contributed by atoms with Crippen LogP contribution in [-0.4, -0.2) is 18.1 Å². The maximum Gasteiger partial charge on any atom is 0.224 e. The van der Waals surface area contributed by atoms with E-state index in [0.717, 1.165) is 0 Å². The van der Waals surface area contributed by atoms with Crippen LogP contribution in [-0.2, 0) is 11.2 Å². The fourth-order valence-electron chi connectivity index (χ4n) is 2.33. The SMILES string of the molecule is COc1cccc(F)c1[C@@H](C)NC(=O)Cc1cccc(O)c1. The number of methoxy groups -OCH3 is 1. The Kier molecular flexibility index (Phi) is 4.99. The van der Waals surface area contributed by atoms with Gasteiger partial charge in [0.15, 0.2) is 0 Å². The Morgan fingerprint density at radius 2 is 2.05 bits per heavy atom. The molecule has 0 aliphatic rings. The highest BCUT2D eigenvalue weighted by molar-refractivity contribution is 5.79. The summed E-state index contributed by atoms with van der Waals surface area (Å²) in [6.07, 6.45) is 0.107. The lowest BCUT2D eigenvalue weighted by molar-refractivity contribution is -0.121. The summed E-state index contributed by atoms with van der Waals surface area (Å²) in [6, 6.07) is 10.5. The van der Waals surface area contributed by atoms with Crippen molar-refractivity contribution in [1.82, 2.24) is 5.32 Å². The molecule has 0 unspecified atom stereocenters. The summed E-state index contributed by atoms with van der Waals surface area (Å²) < 4.78 is 19.1. The van der Waals surface area contributed by atoms with Gasteiger partial charge in [0.05, 0.1) is 25.1 Å². The first-order valence-electron chi connectivity index (χ1n) is 6.91. The van der Waals surface area contributed by atoms with Crippen LogP contribution in [0.15, 0.2) is 42.5 Å². The first kappa shape index (κ1) is 15.8. The molecular formula is C17H18FNO3. The van der Waals surface area contributed by atoms with E-state index in [2.05, 4.69) is 5.32 Å². The smallest absolute Gasteiger partial charge is 0.224 e. The zero-order valence-corrected chi connectivity index (χ0v) is 12.5. The highest BCUT2D eigenvalue weighted by atomic mass is 19.1. The third-order valence-corrected chi connectivity index (χ3v) is 3.32. The van der Waals surface area contributed by atoms with Crippen LogP contribution in [0.5, 0.6) is 11.5 Å². The number of carbonyl (C=O) groups is 1. The van der Waals surface area contributed by atoms with Gasteiger partial charge >= 0.3 is 0 Å². The molecule has 116 valence electrons. The van der Waals surface area contributed by atoms with Crippen molar-refractivity contribution in [3.63, 3.8) is 0 Å². The molecule has 0 radical (unpaired) electrons. The summed E-state index contributed by atoms with van der Waals surface area (Å²) in [5, 5.41) is 12.1. The molecule has 0 fully saturated rings. The van der Waals surface area contributed by atoms with E-state index >= 15 is 0 Å². The van der Waals surface area contributed by atoms with E-state index in [0.29, 0.717) is 16.9 Å². The Balaban J connectivity index is 2.09. The van der Waals surface area contributed by atoms with Crippen molar-refractivity contribution in [1.29, 1.82) is 0 Å². The molecule has 0 spiro atoms. The molecule has 1 amide bonds. The first-order valence-corrected chi connectivity index (χ1v) is 6.91. The molecule has 0 heterocycles. The van der Waals surface area contributed by atoms with Crippen LogP contribution >= 0.6 is 0 Å². The van der Waals surface area contributed by atoms with E-state index in [1.54, 1.807) is 31.2 Å². The molecule has 2 aromatic rings. The average molecular weight is 303 g/mol. The lowest BCUT2D eigenvalue weighted by atomic mass is 10.1. The first-order chi connectivity index (χ1) is 10.5. The molecule has 0 aromatic heterocycles. The molecule has 0 aliphatic heterocycles. The molecule has 0 saturated carbocycles. The van der Waals surface area contributed by atoms with E-state index in [1.165, 1.54) is 25.3 Å². The number of amides is 1. The summed E-state index contributed by atoms with van der Waals surface area (Å²) in [5.74, 6) is -0.188. The van der Waals surface area contributed by atoms with Crippen molar-refractivity contribution >= 4 is 5.91 Å². The third-order valence-electron chi connectivity index (χ3n) is 3.32. The van der Waals surface area contributed by atoms with E-state index < -0.39 is 11.9 Å². The molecule has 2 aromatic carbocycles. The van der Waals surface area contributed by atoms with Gasteiger partial charge in [-0.3, -0.25) is 4.79 Å². The van der Waals surface area contributed by atoms with Crippen LogP contribution in [0, 0.1) is 5.82 Å². The minimum absolute atomic E-state index is 0.106. The maximum atomic E-state index is 14.0. The number of phenols is 1. The highest BCUT2D eigenvalue weighted by Crippen LogP contribution is 2.27. The van der Waals surface area contributed by atoms with Crippen LogP contribution in [0.4, 0.5) is 4.39 Å². The quantitative estimate of drug-likeness (QED) is 0.893. The molecular weight excluding hydrogens is 285 g/mol. The highest BCUT2D eigenvalue weighted by Gasteiger charge is 2.18. The summed E-state index contributed by atoms with van der Waals surface area (Å²) in [6.45, 7) is 1.70. The fraction of sp³-hybridized carbons (Fsp3) is 0.235. The second-order valence-corrected chi connectivity index (χ2v) is 4.99. The molecule has 4 nitrogen and oxygen atoms in total. The number of benzene rings is 2. The van der Waals surface area contributed by atoms with Gasteiger partial charge in [-0.1, -0.05) is 18.2 Å². The number of phenolic OH excluding ortho intramolecular Hbond substituents is 1. The standard InChI is InChI=1S/C17H18FNO3/c1-11(17-14(18)7-4-8-15(17)22-2)19-16(21)10-12-5-3-6-13(20)9-12/h3-9,11,20H,10H2,1-2H3,(H,19,21)/t11-/m1/s1.